The Hall–Kier alpha value is -2.48. The number of nitrogens with zero attached hydrogens (tertiary/aromatic N) is 1. The molecule has 2 heterocycles. The highest BCUT2D eigenvalue weighted by Crippen LogP contribution is 2.26. The molecule has 2 N–H and O–H groups in total. The van der Waals surface area contributed by atoms with Crippen molar-refractivity contribution in [2.24, 2.45) is 5.10 Å². The Morgan fingerprint density at radius 3 is 2.81 bits per heavy atom. The molecule has 0 spiro atoms. The van der Waals surface area contributed by atoms with E-state index in [0.717, 1.165) is 5.76 Å². The largest absolute Gasteiger partial charge is 0.486 e. The van der Waals surface area contributed by atoms with Crippen molar-refractivity contribution in [3.8, 4) is 5.75 Å². The third-order valence-corrected chi connectivity index (χ3v) is 4.29. The third-order valence-electron chi connectivity index (χ3n) is 3.32. The molecule has 3 aromatic rings. The van der Waals surface area contributed by atoms with E-state index in [0.29, 0.717) is 39.0 Å². The van der Waals surface area contributed by atoms with E-state index in [1.165, 1.54) is 6.21 Å². The second-order valence-corrected chi connectivity index (χ2v) is 6.52. The van der Waals surface area contributed by atoms with Crippen LogP contribution in [0.5, 0.6) is 5.75 Å². The lowest BCUT2D eigenvalue weighted by atomic mass is 10.3. The van der Waals surface area contributed by atoms with Crippen molar-refractivity contribution in [2.45, 2.75) is 13.2 Å². The first-order chi connectivity index (χ1) is 13.1. The zero-order valence-electron chi connectivity index (χ0n) is 13.9. The van der Waals surface area contributed by atoms with E-state index < -0.39 is 0 Å². The summed E-state index contributed by atoms with van der Waals surface area (Å²) in [6, 6.07) is 12.3. The number of hydrogen-bond donors (Lipinski definition) is 2. The molecule has 0 aliphatic rings. The molecular weight excluding hydrogens is 409 g/mol. The minimum absolute atomic E-state index is 0.252. The van der Waals surface area contributed by atoms with Crippen molar-refractivity contribution in [3.63, 3.8) is 0 Å². The summed E-state index contributed by atoms with van der Waals surface area (Å²) in [5, 5.41) is 8.27. The Morgan fingerprint density at radius 2 is 2.04 bits per heavy atom. The quantitative estimate of drug-likeness (QED) is 0.324. The number of benzene rings is 1. The van der Waals surface area contributed by atoms with Gasteiger partial charge in [0.05, 0.1) is 29.1 Å². The fraction of sp³-hybridized carbons (Fsp3) is 0.111. The van der Waals surface area contributed by atoms with Gasteiger partial charge in [-0.15, -0.1) is 0 Å². The Morgan fingerprint density at radius 1 is 1.15 bits per heavy atom. The molecule has 0 amide bonds. The maximum atomic E-state index is 5.95. The average Bonchev–Trinajstić information content (AvgIpc) is 3.33. The first-order valence-electron chi connectivity index (χ1n) is 7.86. The normalized spacial score (nSPS) is 10.9. The van der Waals surface area contributed by atoms with Gasteiger partial charge in [-0.05, 0) is 48.6 Å². The molecule has 0 saturated carbocycles. The lowest BCUT2D eigenvalue weighted by Gasteiger charge is -2.05. The van der Waals surface area contributed by atoms with E-state index in [2.05, 4.69) is 15.8 Å². The number of hydrogen-bond acceptors (Lipinski definition) is 5. The fourth-order valence-electron chi connectivity index (χ4n) is 2.04. The zero-order chi connectivity index (χ0) is 19.1. The van der Waals surface area contributed by atoms with E-state index in [4.69, 9.17) is 49.0 Å². The molecule has 0 fully saturated rings. The van der Waals surface area contributed by atoms with Crippen molar-refractivity contribution in [1.82, 2.24) is 10.7 Å². The van der Waals surface area contributed by atoms with Gasteiger partial charge in [-0.25, -0.2) is 0 Å². The molecule has 6 nitrogen and oxygen atoms in total. The van der Waals surface area contributed by atoms with E-state index in [1.807, 2.05) is 12.1 Å². The Bertz CT molecular complexity index is 926. The molecule has 1 aromatic carbocycles. The number of thiocarbonyl (C=S) groups is 1. The molecule has 27 heavy (non-hydrogen) atoms. The number of rotatable bonds is 7. The van der Waals surface area contributed by atoms with E-state index in [9.17, 15) is 0 Å². The van der Waals surface area contributed by atoms with Gasteiger partial charge in [0, 0.05) is 6.07 Å². The average molecular weight is 424 g/mol. The third kappa shape index (κ3) is 6.02. The van der Waals surface area contributed by atoms with Crippen LogP contribution in [0.3, 0.4) is 0 Å². The Kier molecular flexibility index (Phi) is 6.75. The van der Waals surface area contributed by atoms with Crippen LogP contribution >= 0.6 is 35.4 Å². The van der Waals surface area contributed by atoms with Crippen LogP contribution in [0.15, 0.2) is 62.7 Å². The summed E-state index contributed by atoms with van der Waals surface area (Å²) in [6.45, 7) is 0.730. The summed E-state index contributed by atoms with van der Waals surface area (Å²) in [4.78, 5) is 0. The predicted molar refractivity (Wildman–Crippen MR) is 108 cm³/mol. The van der Waals surface area contributed by atoms with Gasteiger partial charge < -0.3 is 18.9 Å². The SMILES string of the molecule is S=C(NCc1ccco1)NN=Cc1ccc(COc2ccc(Cl)c(Cl)c2)o1. The lowest BCUT2D eigenvalue weighted by Crippen LogP contribution is -2.31. The van der Waals surface area contributed by atoms with Gasteiger partial charge in [0.25, 0.3) is 0 Å². The molecule has 140 valence electrons. The van der Waals surface area contributed by atoms with Gasteiger partial charge in [0.1, 0.15) is 29.6 Å². The molecule has 9 heteroatoms. The first kappa shape index (κ1) is 19.3. The Labute approximate surface area is 171 Å². The second-order valence-electron chi connectivity index (χ2n) is 5.30. The monoisotopic (exact) mass is 423 g/mol. The van der Waals surface area contributed by atoms with Crippen LogP contribution in [0.25, 0.3) is 0 Å². The molecule has 0 aliphatic heterocycles. The summed E-state index contributed by atoms with van der Waals surface area (Å²) in [5.41, 5.74) is 2.70. The van der Waals surface area contributed by atoms with Gasteiger partial charge >= 0.3 is 0 Å². The topological polar surface area (TPSA) is 71.9 Å². The van der Waals surface area contributed by atoms with Crippen LogP contribution < -0.4 is 15.5 Å². The Balaban J connectivity index is 1.43. The molecule has 0 bridgehead atoms. The van der Waals surface area contributed by atoms with Crippen LogP contribution in [0.2, 0.25) is 10.0 Å². The van der Waals surface area contributed by atoms with Crippen molar-refractivity contribution in [2.75, 3.05) is 0 Å². The minimum atomic E-state index is 0.252. The maximum Gasteiger partial charge on any atom is 0.187 e. The molecule has 2 aromatic heterocycles. The highest BCUT2D eigenvalue weighted by atomic mass is 35.5. The van der Waals surface area contributed by atoms with Crippen LogP contribution in [0, 0.1) is 0 Å². The summed E-state index contributed by atoms with van der Waals surface area (Å²) in [6.07, 6.45) is 3.12. The molecule has 0 atom stereocenters. The highest BCUT2D eigenvalue weighted by molar-refractivity contribution is 7.80. The number of nitrogens with one attached hydrogen (secondary N) is 2. The predicted octanol–water partition coefficient (Wildman–Crippen LogP) is 4.76. The summed E-state index contributed by atoms with van der Waals surface area (Å²) >= 11 is 16.9. The van der Waals surface area contributed by atoms with Gasteiger partial charge in [0.2, 0.25) is 0 Å². The van der Waals surface area contributed by atoms with Gasteiger partial charge in [-0.2, -0.15) is 5.10 Å². The number of hydrazone groups is 1. The van der Waals surface area contributed by atoms with Crippen LogP contribution in [0.4, 0.5) is 0 Å². The van der Waals surface area contributed by atoms with Crippen molar-refractivity contribution < 1.29 is 13.6 Å². The molecule has 0 radical (unpaired) electrons. The molecule has 0 aliphatic carbocycles. The molecule has 0 unspecified atom stereocenters. The summed E-state index contributed by atoms with van der Waals surface area (Å²) in [7, 11) is 0. The van der Waals surface area contributed by atoms with Crippen LogP contribution in [-0.4, -0.2) is 11.3 Å². The van der Waals surface area contributed by atoms with Crippen molar-refractivity contribution in [1.29, 1.82) is 0 Å². The van der Waals surface area contributed by atoms with Crippen molar-refractivity contribution in [3.05, 3.63) is 76.1 Å². The lowest BCUT2D eigenvalue weighted by molar-refractivity contribution is 0.270. The van der Waals surface area contributed by atoms with E-state index in [1.54, 1.807) is 36.6 Å². The highest BCUT2D eigenvalue weighted by Gasteiger charge is 2.04. The number of furan rings is 2. The standard InChI is InChI=1S/C18H15Cl2N3O3S/c19-16-6-5-12(8-17(16)20)25-11-15-4-3-14(26-15)10-22-23-18(27)21-9-13-2-1-7-24-13/h1-8,10H,9,11H2,(H2,21,23,27). The smallest absolute Gasteiger partial charge is 0.187 e. The molecule has 3 rings (SSSR count). The zero-order valence-corrected chi connectivity index (χ0v) is 16.3. The number of ether oxygens (including phenoxy) is 1. The van der Waals surface area contributed by atoms with E-state index in [-0.39, 0.29) is 6.61 Å². The first-order valence-corrected chi connectivity index (χ1v) is 9.02. The summed E-state index contributed by atoms with van der Waals surface area (Å²) < 4.78 is 16.4. The van der Waals surface area contributed by atoms with Gasteiger partial charge in [-0.3, -0.25) is 5.43 Å². The molecular formula is C18H15Cl2N3O3S. The maximum absolute atomic E-state index is 5.95. The van der Waals surface area contributed by atoms with Crippen LogP contribution in [0.1, 0.15) is 17.3 Å². The summed E-state index contributed by atoms with van der Waals surface area (Å²) in [5.74, 6) is 2.58. The van der Waals surface area contributed by atoms with Crippen LogP contribution in [-0.2, 0) is 13.2 Å². The minimum Gasteiger partial charge on any atom is -0.486 e. The van der Waals surface area contributed by atoms with Gasteiger partial charge in [0.15, 0.2) is 5.11 Å². The fourth-order valence-corrected chi connectivity index (χ4v) is 2.45. The second kappa shape index (κ2) is 9.45. The van der Waals surface area contributed by atoms with Gasteiger partial charge in [-0.1, -0.05) is 23.2 Å². The number of halogens is 2. The molecule has 0 saturated heterocycles. The van der Waals surface area contributed by atoms with Crippen molar-refractivity contribution >= 4 is 46.7 Å². The van der Waals surface area contributed by atoms with E-state index >= 15 is 0 Å².